The van der Waals surface area contributed by atoms with Crippen LogP contribution in [-0.4, -0.2) is 64.5 Å². The van der Waals surface area contributed by atoms with Crippen molar-refractivity contribution >= 4 is 35.2 Å². The highest BCUT2D eigenvalue weighted by Crippen LogP contribution is 2.22. The number of piperidine rings is 1. The zero-order valence-electron chi connectivity index (χ0n) is 15.1. The van der Waals surface area contributed by atoms with Crippen LogP contribution in [0.15, 0.2) is 24.3 Å². The van der Waals surface area contributed by atoms with E-state index in [0.29, 0.717) is 37.1 Å². The fourth-order valence-electron chi connectivity index (χ4n) is 3.40. The van der Waals surface area contributed by atoms with Gasteiger partial charge in [-0.1, -0.05) is 12.1 Å². The largest absolute Gasteiger partial charge is 0.352 e. The Bertz CT molecular complexity index is 737. The summed E-state index contributed by atoms with van der Waals surface area (Å²) in [7, 11) is 0. The molecule has 1 unspecified atom stereocenters. The quantitative estimate of drug-likeness (QED) is 0.607. The van der Waals surface area contributed by atoms with Crippen molar-refractivity contribution in [1.82, 2.24) is 15.1 Å². The van der Waals surface area contributed by atoms with Gasteiger partial charge in [0, 0.05) is 32.1 Å². The number of nitrogens with zero attached hydrogens (tertiary/aromatic N) is 2. The van der Waals surface area contributed by atoms with Gasteiger partial charge in [0.05, 0.1) is 11.1 Å². The van der Waals surface area contributed by atoms with Crippen LogP contribution in [-0.2, 0) is 9.59 Å². The SMILES string of the molecule is CC(Cl)C(=O)NC1CCN(C(=O)CCN2C(=O)c3ccccc3C2=O)CC1. The Balaban J connectivity index is 1.48. The monoisotopic (exact) mass is 391 g/mol. The van der Waals surface area contributed by atoms with Crippen molar-refractivity contribution in [3.63, 3.8) is 0 Å². The Morgan fingerprint density at radius 1 is 1.15 bits per heavy atom. The Morgan fingerprint density at radius 2 is 1.70 bits per heavy atom. The molecule has 8 heteroatoms. The van der Waals surface area contributed by atoms with Crippen LogP contribution in [0.1, 0.15) is 46.9 Å². The Kier molecular flexibility index (Phi) is 5.79. The lowest BCUT2D eigenvalue weighted by atomic mass is 10.0. The van der Waals surface area contributed by atoms with E-state index in [4.69, 9.17) is 11.6 Å². The third-order valence-electron chi connectivity index (χ3n) is 4.98. The molecular formula is C19H22ClN3O4. The number of hydrogen-bond donors (Lipinski definition) is 1. The molecule has 1 saturated heterocycles. The summed E-state index contributed by atoms with van der Waals surface area (Å²) in [6, 6.07) is 6.69. The molecule has 2 aliphatic heterocycles. The van der Waals surface area contributed by atoms with Gasteiger partial charge in [0.25, 0.3) is 11.8 Å². The van der Waals surface area contributed by atoms with Crippen LogP contribution in [0.2, 0.25) is 0 Å². The number of benzene rings is 1. The van der Waals surface area contributed by atoms with Crippen LogP contribution in [0.5, 0.6) is 0 Å². The van der Waals surface area contributed by atoms with Crippen LogP contribution in [0.25, 0.3) is 0 Å². The molecule has 2 aliphatic rings. The molecule has 0 aromatic heterocycles. The number of carbonyl (C=O) groups is 4. The molecule has 1 N–H and O–H groups in total. The van der Waals surface area contributed by atoms with Crippen molar-refractivity contribution < 1.29 is 19.2 Å². The molecule has 4 amide bonds. The smallest absolute Gasteiger partial charge is 0.261 e. The summed E-state index contributed by atoms with van der Waals surface area (Å²) in [5.41, 5.74) is 0.778. The first-order valence-corrected chi connectivity index (χ1v) is 9.49. The van der Waals surface area contributed by atoms with E-state index in [1.807, 2.05) is 0 Å². The lowest BCUT2D eigenvalue weighted by molar-refractivity contribution is -0.132. The summed E-state index contributed by atoms with van der Waals surface area (Å²) >= 11 is 5.75. The number of fused-ring (bicyclic) bond motifs is 1. The van der Waals surface area contributed by atoms with Crippen molar-refractivity contribution in [3.05, 3.63) is 35.4 Å². The highest BCUT2D eigenvalue weighted by atomic mass is 35.5. The molecule has 0 radical (unpaired) electrons. The van der Waals surface area contributed by atoms with E-state index in [2.05, 4.69) is 5.32 Å². The highest BCUT2D eigenvalue weighted by Gasteiger charge is 2.35. The van der Waals surface area contributed by atoms with E-state index in [0.717, 1.165) is 4.90 Å². The molecule has 0 aliphatic carbocycles. The van der Waals surface area contributed by atoms with Gasteiger partial charge in [0.2, 0.25) is 11.8 Å². The molecule has 3 rings (SSSR count). The Hall–Kier alpha value is -2.41. The first-order valence-electron chi connectivity index (χ1n) is 9.06. The molecule has 1 aromatic carbocycles. The summed E-state index contributed by atoms with van der Waals surface area (Å²) in [6.07, 6.45) is 1.42. The Morgan fingerprint density at radius 3 is 2.22 bits per heavy atom. The number of alkyl halides is 1. The average molecular weight is 392 g/mol. The molecule has 0 saturated carbocycles. The molecule has 1 fully saturated rings. The maximum Gasteiger partial charge on any atom is 0.261 e. The molecular weight excluding hydrogens is 370 g/mol. The predicted octanol–water partition coefficient (Wildman–Crippen LogP) is 1.41. The van der Waals surface area contributed by atoms with Gasteiger partial charge >= 0.3 is 0 Å². The second-order valence-corrected chi connectivity index (χ2v) is 7.49. The van der Waals surface area contributed by atoms with Crippen LogP contribution in [0.3, 0.4) is 0 Å². The summed E-state index contributed by atoms with van der Waals surface area (Å²) in [4.78, 5) is 51.6. The maximum atomic E-state index is 12.4. The van der Waals surface area contributed by atoms with E-state index < -0.39 is 5.38 Å². The van der Waals surface area contributed by atoms with Gasteiger partial charge in [-0.25, -0.2) is 0 Å². The van der Waals surface area contributed by atoms with Crippen LogP contribution < -0.4 is 5.32 Å². The lowest BCUT2D eigenvalue weighted by Gasteiger charge is -2.33. The molecule has 0 bridgehead atoms. The minimum atomic E-state index is -0.579. The summed E-state index contributed by atoms with van der Waals surface area (Å²) in [5, 5.41) is 2.29. The van der Waals surface area contributed by atoms with Gasteiger partial charge < -0.3 is 10.2 Å². The molecule has 1 aromatic rings. The van der Waals surface area contributed by atoms with E-state index in [1.165, 1.54) is 0 Å². The van der Waals surface area contributed by atoms with Gasteiger partial charge in [-0.05, 0) is 31.9 Å². The third kappa shape index (κ3) is 4.13. The summed E-state index contributed by atoms with van der Waals surface area (Å²) in [5.74, 6) is -0.992. The van der Waals surface area contributed by atoms with Gasteiger partial charge in [-0.2, -0.15) is 0 Å². The lowest BCUT2D eigenvalue weighted by Crippen LogP contribution is -2.48. The van der Waals surface area contributed by atoms with Crippen molar-refractivity contribution in [2.75, 3.05) is 19.6 Å². The summed E-state index contributed by atoms with van der Waals surface area (Å²) in [6.45, 7) is 2.76. The molecule has 144 valence electrons. The van der Waals surface area contributed by atoms with Crippen molar-refractivity contribution in [1.29, 1.82) is 0 Å². The number of likely N-dealkylation sites (tertiary alicyclic amines) is 1. The second kappa shape index (κ2) is 8.08. The zero-order chi connectivity index (χ0) is 19.6. The number of carbonyl (C=O) groups excluding carboxylic acids is 4. The number of nitrogens with one attached hydrogen (secondary N) is 1. The zero-order valence-corrected chi connectivity index (χ0v) is 15.9. The number of amides is 4. The normalized spacial score (nSPS) is 18.4. The first kappa shape index (κ1) is 19.4. The number of rotatable bonds is 5. The third-order valence-corrected chi connectivity index (χ3v) is 5.18. The van der Waals surface area contributed by atoms with Gasteiger partial charge in [0.1, 0.15) is 5.38 Å². The molecule has 7 nitrogen and oxygen atoms in total. The van der Waals surface area contributed by atoms with Crippen LogP contribution in [0.4, 0.5) is 0 Å². The highest BCUT2D eigenvalue weighted by molar-refractivity contribution is 6.30. The van der Waals surface area contributed by atoms with Crippen LogP contribution >= 0.6 is 11.6 Å². The molecule has 0 spiro atoms. The van der Waals surface area contributed by atoms with E-state index in [-0.39, 0.29) is 42.6 Å². The fraction of sp³-hybridized carbons (Fsp3) is 0.474. The van der Waals surface area contributed by atoms with E-state index in [9.17, 15) is 19.2 Å². The minimum Gasteiger partial charge on any atom is -0.352 e. The molecule has 1 atom stereocenters. The van der Waals surface area contributed by atoms with Crippen molar-refractivity contribution in [2.45, 2.75) is 37.6 Å². The predicted molar refractivity (Wildman–Crippen MR) is 99.5 cm³/mol. The van der Waals surface area contributed by atoms with Gasteiger partial charge in [-0.15, -0.1) is 11.6 Å². The Labute approximate surface area is 162 Å². The average Bonchev–Trinajstić information content (AvgIpc) is 2.91. The van der Waals surface area contributed by atoms with Crippen LogP contribution in [0, 0.1) is 0 Å². The van der Waals surface area contributed by atoms with Gasteiger partial charge in [-0.3, -0.25) is 24.1 Å². The fourth-order valence-corrected chi connectivity index (χ4v) is 3.46. The van der Waals surface area contributed by atoms with Gasteiger partial charge in [0.15, 0.2) is 0 Å². The standard InChI is InChI=1S/C19H22ClN3O4/c1-12(20)17(25)21-13-6-9-22(10-7-13)16(24)8-11-23-18(26)14-4-2-3-5-15(14)19(23)27/h2-5,12-13H,6-11H2,1H3,(H,21,25). The number of halogens is 1. The maximum absolute atomic E-state index is 12.4. The van der Waals surface area contributed by atoms with E-state index >= 15 is 0 Å². The van der Waals surface area contributed by atoms with E-state index in [1.54, 1.807) is 36.1 Å². The minimum absolute atomic E-state index is 0.0130. The summed E-state index contributed by atoms with van der Waals surface area (Å²) < 4.78 is 0. The molecule has 27 heavy (non-hydrogen) atoms. The first-order chi connectivity index (χ1) is 12.9. The number of hydrogen-bond acceptors (Lipinski definition) is 4. The number of imide groups is 1. The van der Waals surface area contributed by atoms with Crippen molar-refractivity contribution in [2.24, 2.45) is 0 Å². The van der Waals surface area contributed by atoms with Crippen molar-refractivity contribution in [3.8, 4) is 0 Å². The topological polar surface area (TPSA) is 86.8 Å². The second-order valence-electron chi connectivity index (χ2n) is 6.84. The molecule has 2 heterocycles.